The van der Waals surface area contributed by atoms with E-state index in [1.807, 2.05) is 0 Å². The van der Waals surface area contributed by atoms with Crippen LogP contribution in [0.3, 0.4) is 0 Å². The Hall–Kier alpha value is -12.2. The van der Waals surface area contributed by atoms with Crippen molar-refractivity contribution in [1.29, 1.82) is 11.1 Å². The van der Waals surface area contributed by atoms with Crippen molar-refractivity contribution in [2.45, 2.75) is 19.8 Å². The Labute approximate surface area is 466 Å². The van der Waals surface area contributed by atoms with Crippen LogP contribution in [0.4, 0.5) is 11.4 Å². The molecule has 0 aliphatic rings. The summed E-state index contributed by atoms with van der Waals surface area (Å²) in [4.78, 5) is 79.5. The van der Waals surface area contributed by atoms with Crippen LogP contribution in [0.1, 0.15) is 81.6 Å². The van der Waals surface area contributed by atoms with Crippen molar-refractivity contribution < 1.29 is 69.6 Å². The van der Waals surface area contributed by atoms with E-state index >= 15 is 0 Å². The zero-order valence-corrected chi connectivity index (χ0v) is 43.0. The highest BCUT2D eigenvalue weighted by Crippen LogP contribution is 2.29. The number of carboxylic acid groups (broad SMARTS) is 4. The predicted molar refractivity (Wildman–Crippen MR) is 290 cm³/mol. The second-order valence-electron chi connectivity index (χ2n) is 17.3. The normalized spacial score (nSPS) is 11.1. The van der Waals surface area contributed by atoms with Crippen molar-refractivity contribution >= 4 is 59.0 Å². The van der Waals surface area contributed by atoms with Gasteiger partial charge in [-0.1, -0.05) is 16.5 Å². The number of nitrogens with zero attached hydrogens (tertiary/aromatic N) is 10. The highest BCUT2D eigenvalue weighted by atomic mass is 16.4. The minimum atomic E-state index is -1.35. The third-order valence-corrected chi connectivity index (χ3v) is 11.8. The molecule has 0 unspecified atom stereocenters. The quantitative estimate of drug-likeness (QED) is 0.0190. The number of phenols is 4. The molecule has 0 saturated heterocycles. The zero-order chi connectivity index (χ0) is 59.9. The maximum Gasteiger partial charge on any atom is 0.339 e. The molecule has 2 amide bonds. The van der Waals surface area contributed by atoms with Crippen molar-refractivity contribution in [3.63, 3.8) is 0 Å². The molecule has 30 heteroatoms. The standard InChI is InChI=1S/C52H44N16O12.CH2O2/c1-26-4-5-29(18-44(26)69)57-22-40(61-53)36-14-27(16-38(59-36)42-24-67(65-63-42)31-7-10-34(51(77)78)46(71)20-31)48(73)55-12-2-3-13-56-49(74)28-15-37(41(62-54)23-58-30-6-9-33(50(75)76)45(70)19-30)60-39(17-28)43-25-68(66-64-43)32-8-11-35(52(79)80)47(72)21-32;2-1-3/h4-11,14-25,53-54,57-58,69-72H,2-3,12-13H2,1H3,(H,55,73)(H,56,74)(H,75,76)(H,77,78)(H,79,80);1H,(H,2,3)/b40-22-,41-23-,61-53?,62-54?;. The Morgan fingerprint density at radius 2 is 0.928 bits per heavy atom. The number of benzene rings is 4. The number of phenolic OH excluding ortho intramolecular Hbond substituents is 1. The maximum atomic E-state index is 13.8. The summed E-state index contributed by atoms with van der Waals surface area (Å²) >= 11 is 0. The van der Waals surface area contributed by atoms with Crippen molar-refractivity contribution in [3.05, 3.63) is 167 Å². The first kappa shape index (κ1) is 58.4. The van der Waals surface area contributed by atoms with Gasteiger partial charge in [-0.15, -0.1) is 10.2 Å². The predicted octanol–water partition coefficient (Wildman–Crippen LogP) is 6.72. The molecule has 0 radical (unpaired) electrons. The molecular formula is C53H46N16O14. The van der Waals surface area contributed by atoms with Crippen LogP contribution in [0.5, 0.6) is 23.0 Å². The molecule has 422 valence electrons. The Morgan fingerprint density at radius 1 is 0.542 bits per heavy atom. The molecule has 0 atom stereocenters. The molecule has 8 aromatic rings. The van der Waals surface area contributed by atoms with E-state index in [2.05, 4.69) is 62.1 Å². The van der Waals surface area contributed by atoms with Crippen molar-refractivity contribution in [3.8, 4) is 57.1 Å². The van der Waals surface area contributed by atoms with Crippen molar-refractivity contribution in [2.75, 3.05) is 23.7 Å². The molecule has 4 aromatic heterocycles. The number of carbonyl (C=O) groups is 6. The number of hydrogen-bond donors (Lipinski definition) is 14. The summed E-state index contributed by atoms with van der Waals surface area (Å²) in [7, 11) is 0. The van der Waals surface area contributed by atoms with Crippen LogP contribution in [0.2, 0.25) is 0 Å². The highest BCUT2D eigenvalue weighted by Gasteiger charge is 2.20. The number of carbonyl (C=O) groups excluding carboxylic acids is 2. The van der Waals surface area contributed by atoms with E-state index in [1.165, 1.54) is 113 Å². The van der Waals surface area contributed by atoms with E-state index < -0.39 is 47.0 Å². The SMILES string of the molecule is Cc1ccc(N/C=C(\N=N)c2cc(C(=O)NCCCCNC(=O)c3cc(/C(=C/Nc4ccc(C(=O)O)c(O)c4)N=N)nc(-c4cn(-c5ccc(C(=O)O)c(O)c5)nn4)c3)cc(-c3cn(-c4ccc(C(=O)O)c(O)c4)nn3)n2)cc1O.O=CO. The van der Waals surface area contributed by atoms with Gasteiger partial charge in [-0.3, -0.25) is 14.4 Å². The summed E-state index contributed by atoms with van der Waals surface area (Å²) in [6, 6.07) is 21.6. The summed E-state index contributed by atoms with van der Waals surface area (Å²) in [5.41, 5.74) is 17.2. The number of nitrogens with one attached hydrogen (secondary N) is 6. The lowest BCUT2D eigenvalue weighted by atomic mass is 10.1. The van der Waals surface area contributed by atoms with E-state index in [9.17, 15) is 59.7 Å². The second-order valence-corrected chi connectivity index (χ2v) is 17.3. The fourth-order valence-electron chi connectivity index (χ4n) is 7.54. The number of anilines is 2. The van der Waals surface area contributed by atoms with Crippen LogP contribution in [0.15, 0.2) is 132 Å². The van der Waals surface area contributed by atoms with Gasteiger partial charge in [0, 0.05) is 72.3 Å². The minimum Gasteiger partial charge on any atom is -0.508 e. The van der Waals surface area contributed by atoms with Gasteiger partial charge < -0.3 is 62.1 Å². The van der Waals surface area contributed by atoms with Crippen molar-refractivity contribution in [2.24, 2.45) is 10.2 Å². The molecule has 0 aliphatic heterocycles. The summed E-state index contributed by atoms with van der Waals surface area (Å²) in [6.07, 6.45) is 6.14. The molecule has 0 bridgehead atoms. The van der Waals surface area contributed by atoms with E-state index in [-0.39, 0.29) is 116 Å². The molecule has 0 saturated carbocycles. The third-order valence-electron chi connectivity index (χ3n) is 11.8. The number of aromatic hydroxyl groups is 4. The van der Waals surface area contributed by atoms with Gasteiger partial charge in [0.25, 0.3) is 18.3 Å². The van der Waals surface area contributed by atoms with Gasteiger partial charge in [0.05, 0.1) is 46.5 Å². The topological polar surface area (TPSA) is 472 Å². The van der Waals surface area contributed by atoms with E-state index in [4.69, 9.17) is 21.0 Å². The fraction of sp³-hybridized carbons (Fsp3) is 0.0943. The van der Waals surface area contributed by atoms with Gasteiger partial charge in [-0.05, 0) is 92.1 Å². The Bertz CT molecular complexity index is 3910. The van der Waals surface area contributed by atoms with Gasteiger partial charge in [-0.25, -0.2) is 44.8 Å². The Morgan fingerprint density at radius 3 is 1.30 bits per heavy atom. The number of aromatic nitrogens is 8. The number of pyridine rings is 2. The smallest absolute Gasteiger partial charge is 0.339 e. The Balaban J connectivity index is 0.00000323. The van der Waals surface area contributed by atoms with E-state index in [0.29, 0.717) is 24.1 Å². The number of carboxylic acids is 3. The van der Waals surface area contributed by atoms with E-state index in [1.54, 1.807) is 19.1 Å². The average molecular weight is 1130 g/mol. The molecule has 4 aromatic carbocycles. The molecule has 8 rings (SSSR count). The van der Waals surface area contributed by atoms with Crippen LogP contribution in [0.25, 0.3) is 45.5 Å². The van der Waals surface area contributed by atoms with Gasteiger partial charge >= 0.3 is 17.9 Å². The molecule has 4 heterocycles. The lowest BCUT2D eigenvalue weighted by Gasteiger charge is -2.11. The largest absolute Gasteiger partial charge is 0.508 e. The number of aromatic carboxylic acids is 3. The molecule has 0 aliphatic carbocycles. The monoisotopic (exact) mass is 1130 g/mol. The second kappa shape index (κ2) is 26.4. The first-order chi connectivity index (χ1) is 39.8. The zero-order valence-electron chi connectivity index (χ0n) is 43.0. The molecule has 14 N–H and O–H groups in total. The maximum absolute atomic E-state index is 13.8. The van der Waals surface area contributed by atoms with Crippen molar-refractivity contribution in [1.82, 2.24) is 50.6 Å². The highest BCUT2D eigenvalue weighted by molar-refractivity contribution is 5.97. The first-order valence-electron chi connectivity index (χ1n) is 24.0. The van der Waals surface area contributed by atoms with Gasteiger partial charge in [0.15, 0.2) is 0 Å². The van der Waals surface area contributed by atoms with Gasteiger partial charge in [0.1, 0.15) is 62.5 Å². The first-order valence-corrected chi connectivity index (χ1v) is 24.0. The molecule has 30 nitrogen and oxygen atoms in total. The lowest BCUT2D eigenvalue weighted by Crippen LogP contribution is -2.27. The van der Waals surface area contributed by atoms with Crippen LogP contribution in [-0.2, 0) is 4.79 Å². The third kappa shape index (κ3) is 14.5. The summed E-state index contributed by atoms with van der Waals surface area (Å²) in [6.45, 7) is 1.70. The lowest BCUT2D eigenvalue weighted by molar-refractivity contribution is -0.122. The van der Waals surface area contributed by atoms with E-state index in [0.717, 1.165) is 6.07 Å². The van der Waals surface area contributed by atoms with Gasteiger partial charge in [-0.2, -0.15) is 10.2 Å². The Kier molecular flexibility index (Phi) is 18.6. The number of unbranched alkanes of at least 4 members (excludes halogenated alkanes) is 1. The number of rotatable bonds is 22. The van der Waals surface area contributed by atoms with Gasteiger partial charge in [0.2, 0.25) is 0 Å². The van der Waals surface area contributed by atoms with Crippen LogP contribution < -0.4 is 21.3 Å². The number of hydrogen-bond acceptors (Lipinski definition) is 22. The molecule has 0 fully saturated rings. The summed E-state index contributed by atoms with van der Waals surface area (Å²) in [5, 5.41) is 111. The summed E-state index contributed by atoms with van der Waals surface area (Å²) < 4.78 is 2.49. The minimum absolute atomic E-state index is 0.0105. The van der Waals surface area contributed by atoms with Crippen LogP contribution in [-0.4, -0.2) is 130 Å². The fourth-order valence-corrected chi connectivity index (χ4v) is 7.54. The number of amides is 2. The summed E-state index contributed by atoms with van der Waals surface area (Å²) in [5.74, 6) is -6.72. The molecular weight excluding hydrogens is 1080 g/mol. The van der Waals surface area contributed by atoms with Crippen LogP contribution in [0, 0.1) is 18.0 Å². The number of aryl methyl sites for hydroxylation is 1. The molecule has 0 spiro atoms. The van der Waals surface area contributed by atoms with Crippen LogP contribution >= 0.6 is 0 Å². The molecule has 83 heavy (non-hydrogen) atoms. The average Bonchev–Trinajstić information content (AvgIpc) is 4.41.